The summed E-state index contributed by atoms with van der Waals surface area (Å²) in [7, 11) is 1.50. The summed E-state index contributed by atoms with van der Waals surface area (Å²) in [6.07, 6.45) is 0. The molecule has 3 rings (SSSR count). The molecule has 2 aromatic carbocycles. The van der Waals surface area contributed by atoms with Crippen LogP contribution in [0, 0.1) is 0 Å². The number of nitrogens with two attached hydrogens (primary N) is 1. The Bertz CT molecular complexity index is 1280. The molecule has 0 bridgehead atoms. The second kappa shape index (κ2) is 10.0. The molecule has 0 aliphatic heterocycles. The molecule has 12 heteroatoms. The number of hydrogen-bond acceptors (Lipinski definition) is 8. The average molecular weight is 453 g/mol. The number of anilines is 1. The Morgan fingerprint density at radius 1 is 1.03 bits per heavy atom. The molecule has 0 saturated heterocycles. The van der Waals surface area contributed by atoms with Crippen LogP contribution in [0.3, 0.4) is 0 Å². The molecule has 1 heterocycles. The van der Waals surface area contributed by atoms with Crippen LogP contribution < -0.4 is 26.7 Å². The maximum atomic E-state index is 12.5. The minimum Gasteiger partial charge on any atom is -0.497 e. The lowest BCUT2D eigenvalue weighted by atomic mass is 10.1. The molecular formula is C21H19N5O7. The molecule has 0 fully saturated rings. The quantitative estimate of drug-likeness (QED) is 0.431. The number of nitrogens with one attached hydrogen (secondary N) is 2. The van der Waals surface area contributed by atoms with Crippen LogP contribution in [0.4, 0.5) is 10.5 Å². The van der Waals surface area contributed by atoms with E-state index in [2.05, 4.69) is 10.4 Å². The van der Waals surface area contributed by atoms with E-state index in [1.165, 1.54) is 19.2 Å². The number of ether oxygens (including phenoxy) is 2. The number of hydrogen-bond donors (Lipinski definition) is 3. The number of benzene rings is 2. The zero-order chi connectivity index (χ0) is 24.0. The highest BCUT2D eigenvalue weighted by atomic mass is 16.5. The van der Waals surface area contributed by atoms with E-state index in [4.69, 9.17) is 15.2 Å². The van der Waals surface area contributed by atoms with Crippen molar-refractivity contribution in [3.63, 3.8) is 0 Å². The molecule has 0 spiro atoms. The van der Waals surface area contributed by atoms with Crippen LogP contribution in [0.25, 0.3) is 10.8 Å². The Labute approximate surface area is 186 Å². The van der Waals surface area contributed by atoms with E-state index in [-0.39, 0.29) is 16.5 Å². The molecule has 3 aromatic rings. The third-order valence-electron chi connectivity index (χ3n) is 4.35. The van der Waals surface area contributed by atoms with Crippen molar-refractivity contribution in [3.8, 4) is 5.75 Å². The first-order chi connectivity index (χ1) is 15.8. The highest BCUT2D eigenvalue weighted by Crippen LogP contribution is 2.15. The standard InChI is InChI=1S/C21H19N5O7/c1-32-13-8-6-12(7-9-13)23-21(31)24-16(27)11-33-17(28)10-26-20(30)15-5-3-2-4-14(15)18(25-26)19(22)29/h2-9H,10-11H2,1H3,(H2,22,29)(H2,23,24,27,31). The Balaban J connectivity index is 1.57. The fraction of sp³-hybridized carbons (Fsp3) is 0.143. The summed E-state index contributed by atoms with van der Waals surface area (Å²) in [6.45, 7) is -1.45. The van der Waals surface area contributed by atoms with Gasteiger partial charge in [0.1, 0.15) is 12.3 Å². The number of primary amides is 1. The van der Waals surface area contributed by atoms with E-state index in [1.807, 2.05) is 5.32 Å². The highest BCUT2D eigenvalue weighted by Gasteiger charge is 2.17. The van der Waals surface area contributed by atoms with Gasteiger partial charge in [-0.05, 0) is 30.3 Å². The number of aromatic nitrogens is 2. The largest absolute Gasteiger partial charge is 0.497 e. The van der Waals surface area contributed by atoms with Crippen molar-refractivity contribution in [3.05, 3.63) is 64.6 Å². The molecule has 0 aliphatic rings. The minimum atomic E-state index is -0.985. The number of rotatable bonds is 7. The maximum absolute atomic E-state index is 12.5. The Morgan fingerprint density at radius 3 is 2.33 bits per heavy atom. The summed E-state index contributed by atoms with van der Waals surface area (Å²) in [6, 6.07) is 11.7. The first-order valence-corrected chi connectivity index (χ1v) is 9.48. The minimum absolute atomic E-state index is 0.141. The molecule has 0 aliphatic carbocycles. The maximum Gasteiger partial charge on any atom is 0.328 e. The van der Waals surface area contributed by atoms with Crippen molar-refractivity contribution in [2.75, 3.05) is 19.0 Å². The van der Waals surface area contributed by atoms with Gasteiger partial charge in [-0.2, -0.15) is 5.10 Å². The van der Waals surface area contributed by atoms with Crippen molar-refractivity contribution in [1.82, 2.24) is 15.1 Å². The highest BCUT2D eigenvalue weighted by molar-refractivity contribution is 6.04. The molecule has 1 aromatic heterocycles. The molecule has 0 atom stereocenters. The van der Waals surface area contributed by atoms with E-state index < -0.39 is 42.5 Å². The van der Waals surface area contributed by atoms with Crippen molar-refractivity contribution in [2.24, 2.45) is 5.73 Å². The molecule has 0 radical (unpaired) electrons. The molecule has 4 amide bonds. The molecule has 0 unspecified atom stereocenters. The van der Waals surface area contributed by atoms with Gasteiger partial charge in [0.05, 0.1) is 12.5 Å². The number of imide groups is 1. The van der Waals surface area contributed by atoms with Crippen LogP contribution in [0.5, 0.6) is 5.75 Å². The summed E-state index contributed by atoms with van der Waals surface area (Å²) in [4.78, 5) is 60.0. The second-order valence-electron chi connectivity index (χ2n) is 6.61. The fourth-order valence-corrected chi connectivity index (χ4v) is 2.84. The van der Waals surface area contributed by atoms with Gasteiger partial charge in [0.2, 0.25) is 0 Å². The van der Waals surface area contributed by atoms with Gasteiger partial charge in [0.25, 0.3) is 17.4 Å². The number of carbonyl (C=O) groups is 4. The van der Waals surface area contributed by atoms with Crippen molar-refractivity contribution >= 4 is 40.3 Å². The predicted molar refractivity (Wildman–Crippen MR) is 116 cm³/mol. The molecule has 12 nitrogen and oxygen atoms in total. The molecule has 170 valence electrons. The smallest absolute Gasteiger partial charge is 0.328 e. The number of esters is 1. The van der Waals surface area contributed by atoms with Gasteiger partial charge in [0, 0.05) is 11.1 Å². The lowest BCUT2D eigenvalue weighted by Crippen LogP contribution is -2.38. The normalized spacial score (nSPS) is 10.3. The molecule has 4 N–H and O–H groups in total. The zero-order valence-corrected chi connectivity index (χ0v) is 17.4. The summed E-state index contributed by atoms with van der Waals surface area (Å²) in [5.41, 5.74) is 4.89. The monoisotopic (exact) mass is 453 g/mol. The van der Waals surface area contributed by atoms with Crippen LogP contribution in [-0.4, -0.2) is 47.3 Å². The molecular weight excluding hydrogens is 434 g/mol. The lowest BCUT2D eigenvalue weighted by Gasteiger charge is -2.10. The van der Waals surface area contributed by atoms with Crippen LogP contribution in [0.2, 0.25) is 0 Å². The number of carbonyl (C=O) groups excluding carboxylic acids is 4. The van der Waals surface area contributed by atoms with Crippen LogP contribution in [0.1, 0.15) is 10.5 Å². The van der Waals surface area contributed by atoms with Gasteiger partial charge in [0.15, 0.2) is 12.3 Å². The number of methoxy groups -OCH3 is 1. The number of nitrogens with zero attached hydrogens (tertiary/aromatic N) is 2. The topological polar surface area (TPSA) is 172 Å². The van der Waals surface area contributed by atoms with E-state index >= 15 is 0 Å². The molecule has 33 heavy (non-hydrogen) atoms. The van der Waals surface area contributed by atoms with Gasteiger partial charge in [-0.15, -0.1) is 0 Å². The number of urea groups is 1. The van der Waals surface area contributed by atoms with E-state index in [1.54, 1.807) is 36.4 Å². The van der Waals surface area contributed by atoms with Gasteiger partial charge in [-0.1, -0.05) is 18.2 Å². The van der Waals surface area contributed by atoms with Crippen LogP contribution in [0.15, 0.2) is 53.3 Å². The third kappa shape index (κ3) is 5.70. The van der Waals surface area contributed by atoms with Crippen molar-refractivity contribution in [2.45, 2.75) is 6.54 Å². The molecule has 0 saturated carbocycles. The Hall–Kier alpha value is -4.74. The summed E-state index contributed by atoms with van der Waals surface area (Å²) in [5, 5.41) is 8.64. The van der Waals surface area contributed by atoms with Gasteiger partial charge in [-0.3, -0.25) is 24.5 Å². The average Bonchev–Trinajstić information content (AvgIpc) is 2.80. The summed E-state index contributed by atoms with van der Waals surface area (Å²) in [5.74, 6) is -2.17. The number of fused-ring (bicyclic) bond motifs is 1. The second-order valence-corrected chi connectivity index (χ2v) is 6.61. The SMILES string of the molecule is COc1ccc(NC(=O)NC(=O)COC(=O)Cn2nc(C(N)=O)c3ccccc3c2=O)cc1. The van der Waals surface area contributed by atoms with Gasteiger partial charge in [-0.25, -0.2) is 9.48 Å². The first kappa shape index (κ1) is 22.9. The first-order valence-electron chi connectivity index (χ1n) is 9.48. The fourth-order valence-electron chi connectivity index (χ4n) is 2.84. The van der Waals surface area contributed by atoms with Gasteiger partial charge < -0.3 is 20.5 Å². The van der Waals surface area contributed by atoms with Crippen molar-refractivity contribution in [1.29, 1.82) is 0 Å². The van der Waals surface area contributed by atoms with E-state index in [0.717, 1.165) is 4.68 Å². The number of amides is 4. The predicted octanol–water partition coefficient (Wildman–Crippen LogP) is 0.396. The van der Waals surface area contributed by atoms with Crippen LogP contribution >= 0.6 is 0 Å². The lowest BCUT2D eigenvalue weighted by molar-refractivity contribution is -0.149. The Kier molecular flexibility index (Phi) is 6.98. The Morgan fingerprint density at radius 2 is 1.70 bits per heavy atom. The summed E-state index contributed by atoms with van der Waals surface area (Å²) >= 11 is 0. The van der Waals surface area contributed by atoms with E-state index in [9.17, 15) is 24.0 Å². The zero-order valence-electron chi connectivity index (χ0n) is 17.4. The summed E-state index contributed by atoms with van der Waals surface area (Å²) < 4.78 is 10.5. The van der Waals surface area contributed by atoms with Crippen molar-refractivity contribution < 1.29 is 28.7 Å². The van der Waals surface area contributed by atoms with E-state index in [0.29, 0.717) is 11.4 Å². The van der Waals surface area contributed by atoms with Gasteiger partial charge >= 0.3 is 12.0 Å². The third-order valence-corrected chi connectivity index (χ3v) is 4.35. The van der Waals surface area contributed by atoms with Crippen LogP contribution in [-0.2, 0) is 20.9 Å².